The minimum absolute atomic E-state index is 0.206. The number of benzene rings is 1. The summed E-state index contributed by atoms with van der Waals surface area (Å²) < 4.78 is 21.1. The summed E-state index contributed by atoms with van der Waals surface area (Å²) in [6.45, 7) is 2.65. The molecular weight excluding hydrogens is 349 g/mol. The number of rotatable bonds is 8. The van der Waals surface area contributed by atoms with Gasteiger partial charge >= 0.3 is 6.03 Å². The van der Waals surface area contributed by atoms with Crippen LogP contribution in [0.3, 0.4) is 0 Å². The Labute approximate surface area is 158 Å². The number of hydrogen-bond donors (Lipinski definition) is 2. The molecule has 1 fully saturated rings. The van der Waals surface area contributed by atoms with E-state index < -0.39 is 0 Å². The molecule has 2 aromatic rings. The molecule has 2 heterocycles. The number of amides is 2. The average Bonchev–Trinajstić information content (AvgIpc) is 3.31. The quantitative estimate of drug-likeness (QED) is 0.696. The Balaban J connectivity index is 1.35. The van der Waals surface area contributed by atoms with Crippen molar-refractivity contribution >= 4 is 17.4 Å². The summed E-state index contributed by atoms with van der Waals surface area (Å²) in [5.74, 6) is -0.245. The first-order valence-electron chi connectivity index (χ1n) is 9.26. The molecule has 0 aliphatic carbocycles. The molecule has 1 saturated heterocycles. The predicted molar refractivity (Wildman–Crippen MR) is 103 cm³/mol. The lowest BCUT2D eigenvalue weighted by Gasteiger charge is -2.19. The highest BCUT2D eigenvalue weighted by atomic mass is 19.1. The molecule has 0 radical (unpaired) electrons. The fraction of sp³-hybridized carbons (Fsp3) is 0.474. The molecule has 2 amide bonds. The maximum atomic E-state index is 13.7. The summed E-state index contributed by atoms with van der Waals surface area (Å²) in [6.07, 6.45) is 6.47. The van der Waals surface area contributed by atoms with Crippen molar-refractivity contribution in [1.82, 2.24) is 15.1 Å². The van der Waals surface area contributed by atoms with E-state index in [0.29, 0.717) is 37.4 Å². The highest BCUT2D eigenvalue weighted by Gasteiger charge is 2.16. The number of anilines is 2. The van der Waals surface area contributed by atoms with Gasteiger partial charge in [0.25, 0.3) is 0 Å². The molecule has 1 aromatic heterocycles. The van der Waals surface area contributed by atoms with Crippen LogP contribution in [0, 0.1) is 5.82 Å². The maximum Gasteiger partial charge on any atom is 0.319 e. The zero-order chi connectivity index (χ0) is 19.1. The van der Waals surface area contributed by atoms with E-state index in [2.05, 4.69) is 15.7 Å². The molecule has 0 saturated carbocycles. The fourth-order valence-electron chi connectivity index (χ4n) is 3.10. The number of carbonyl (C=O) groups excluding carboxylic acids is 1. The lowest BCUT2D eigenvalue weighted by atomic mass is 10.2. The Hall–Kier alpha value is -2.61. The molecule has 3 rings (SSSR count). The van der Waals surface area contributed by atoms with Gasteiger partial charge in [0, 0.05) is 32.9 Å². The third-order valence-electron chi connectivity index (χ3n) is 4.53. The number of nitrogens with zero attached hydrogens (tertiary/aromatic N) is 3. The van der Waals surface area contributed by atoms with Gasteiger partial charge in [0.05, 0.1) is 30.2 Å². The van der Waals surface area contributed by atoms with E-state index in [1.807, 2.05) is 11.9 Å². The van der Waals surface area contributed by atoms with Crippen LogP contribution in [0.2, 0.25) is 0 Å². The summed E-state index contributed by atoms with van der Waals surface area (Å²) in [6, 6.07) is 6.38. The normalized spacial score (nSPS) is 16.3. The molecular formula is C19H26FN5O2. The number of hydrogen-bond acceptors (Lipinski definition) is 4. The largest absolute Gasteiger partial charge is 0.376 e. The Morgan fingerprint density at radius 1 is 1.44 bits per heavy atom. The topological polar surface area (TPSA) is 71.4 Å². The van der Waals surface area contributed by atoms with Crippen molar-refractivity contribution in [3.05, 3.63) is 42.5 Å². The van der Waals surface area contributed by atoms with Crippen molar-refractivity contribution in [2.45, 2.75) is 31.9 Å². The number of halogens is 1. The third-order valence-corrected chi connectivity index (χ3v) is 4.53. The van der Waals surface area contributed by atoms with Gasteiger partial charge in [-0.1, -0.05) is 12.1 Å². The van der Waals surface area contributed by atoms with Crippen LogP contribution in [-0.4, -0.2) is 48.7 Å². The van der Waals surface area contributed by atoms with Crippen LogP contribution < -0.4 is 15.5 Å². The maximum absolute atomic E-state index is 13.7. The first-order valence-corrected chi connectivity index (χ1v) is 9.26. The molecule has 1 aromatic carbocycles. The lowest BCUT2D eigenvalue weighted by Crippen LogP contribution is -2.31. The molecule has 1 aliphatic heterocycles. The second-order valence-electron chi connectivity index (χ2n) is 6.69. The van der Waals surface area contributed by atoms with E-state index in [1.54, 1.807) is 35.3 Å². The van der Waals surface area contributed by atoms with Gasteiger partial charge in [0.1, 0.15) is 5.82 Å². The molecule has 1 unspecified atom stereocenters. The number of para-hydroxylation sites is 1. The van der Waals surface area contributed by atoms with Crippen molar-refractivity contribution in [2.24, 2.45) is 0 Å². The van der Waals surface area contributed by atoms with Crippen LogP contribution in [0.25, 0.3) is 0 Å². The Kier molecular flexibility index (Phi) is 6.64. The van der Waals surface area contributed by atoms with Crippen LogP contribution in [0.5, 0.6) is 0 Å². The van der Waals surface area contributed by atoms with Crippen molar-refractivity contribution in [2.75, 3.05) is 37.0 Å². The summed E-state index contributed by atoms with van der Waals surface area (Å²) in [5.41, 5.74) is 1.20. The second kappa shape index (κ2) is 9.36. The molecule has 0 bridgehead atoms. The third kappa shape index (κ3) is 5.68. The van der Waals surface area contributed by atoms with Crippen LogP contribution in [-0.2, 0) is 11.3 Å². The van der Waals surface area contributed by atoms with Gasteiger partial charge in [-0.3, -0.25) is 4.68 Å². The number of nitrogens with one attached hydrogen (secondary N) is 2. The van der Waals surface area contributed by atoms with E-state index >= 15 is 0 Å². The van der Waals surface area contributed by atoms with Crippen LogP contribution in [0.1, 0.15) is 19.3 Å². The van der Waals surface area contributed by atoms with Gasteiger partial charge in [0.15, 0.2) is 0 Å². The van der Waals surface area contributed by atoms with E-state index in [1.165, 1.54) is 6.07 Å². The van der Waals surface area contributed by atoms with E-state index in [-0.39, 0.29) is 18.0 Å². The van der Waals surface area contributed by atoms with Gasteiger partial charge in [0.2, 0.25) is 0 Å². The molecule has 7 nitrogen and oxygen atoms in total. The first-order chi connectivity index (χ1) is 13.1. The molecule has 27 heavy (non-hydrogen) atoms. The number of carbonyl (C=O) groups is 1. The average molecular weight is 375 g/mol. The van der Waals surface area contributed by atoms with Crippen LogP contribution >= 0.6 is 0 Å². The Bertz CT molecular complexity index is 745. The SMILES string of the molecule is CN(CCCNC(=O)Nc1cnn(CC2CCCO2)c1)c1ccccc1F. The molecule has 146 valence electrons. The minimum atomic E-state index is -0.278. The van der Waals surface area contributed by atoms with Crippen molar-refractivity contribution < 1.29 is 13.9 Å². The second-order valence-corrected chi connectivity index (χ2v) is 6.69. The molecule has 2 N–H and O–H groups in total. The predicted octanol–water partition coefficient (Wildman–Crippen LogP) is 2.85. The van der Waals surface area contributed by atoms with E-state index in [0.717, 1.165) is 19.4 Å². The highest BCUT2D eigenvalue weighted by Crippen LogP contribution is 2.17. The van der Waals surface area contributed by atoms with Crippen LogP contribution in [0.4, 0.5) is 20.6 Å². The molecule has 1 aliphatic rings. The molecule has 1 atom stereocenters. The Morgan fingerprint density at radius 2 is 2.30 bits per heavy atom. The van der Waals surface area contributed by atoms with Crippen molar-refractivity contribution in [1.29, 1.82) is 0 Å². The van der Waals surface area contributed by atoms with Gasteiger partial charge in [-0.25, -0.2) is 9.18 Å². The molecule has 8 heteroatoms. The minimum Gasteiger partial charge on any atom is -0.376 e. The first kappa shape index (κ1) is 19.2. The monoisotopic (exact) mass is 375 g/mol. The smallest absolute Gasteiger partial charge is 0.319 e. The summed E-state index contributed by atoms with van der Waals surface area (Å²) in [4.78, 5) is 13.8. The zero-order valence-electron chi connectivity index (χ0n) is 15.5. The van der Waals surface area contributed by atoms with Crippen molar-refractivity contribution in [3.8, 4) is 0 Å². The van der Waals surface area contributed by atoms with Crippen molar-refractivity contribution in [3.63, 3.8) is 0 Å². The Morgan fingerprint density at radius 3 is 3.07 bits per heavy atom. The standard InChI is InChI=1S/C19H26FN5O2/c1-24(18-8-3-2-7-17(18)20)10-5-9-21-19(26)23-15-12-22-25(13-15)14-16-6-4-11-27-16/h2-3,7-8,12-13,16H,4-6,9-11,14H2,1H3,(H2,21,23,26). The number of urea groups is 1. The van der Waals surface area contributed by atoms with Gasteiger partial charge < -0.3 is 20.3 Å². The lowest BCUT2D eigenvalue weighted by molar-refractivity contribution is 0.0940. The van der Waals surface area contributed by atoms with E-state index in [9.17, 15) is 9.18 Å². The molecule has 0 spiro atoms. The number of aromatic nitrogens is 2. The summed E-state index contributed by atoms with van der Waals surface area (Å²) in [5, 5.41) is 9.82. The summed E-state index contributed by atoms with van der Waals surface area (Å²) >= 11 is 0. The number of ether oxygens (including phenoxy) is 1. The van der Waals surface area contributed by atoms with E-state index in [4.69, 9.17) is 4.74 Å². The van der Waals surface area contributed by atoms with Gasteiger partial charge in [-0.2, -0.15) is 5.10 Å². The summed E-state index contributed by atoms with van der Waals surface area (Å²) in [7, 11) is 1.83. The van der Waals surface area contributed by atoms with Gasteiger partial charge in [-0.15, -0.1) is 0 Å². The van der Waals surface area contributed by atoms with Gasteiger partial charge in [-0.05, 0) is 31.4 Å². The van der Waals surface area contributed by atoms with Crippen LogP contribution in [0.15, 0.2) is 36.7 Å². The zero-order valence-corrected chi connectivity index (χ0v) is 15.5. The highest BCUT2D eigenvalue weighted by molar-refractivity contribution is 5.88. The fourth-order valence-corrected chi connectivity index (χ4v) is 3.10.